The fourth-order valence-corrected chi connectivity index (χ4v) is 7.49. The zero-order valence-electron chi connectivity index (χ0n) is 25.5. The highest BCUT2D eigenvalue weighted by atomic mass is 16.5. The maximum atomic E-state index is 14.7. The second kappa shape index (κ2) is 11.4. The molecule has 224 valence electrons. The summed E-state index contributed by atoms with van der Waals surface area (Å²) in [6.07, 6.45) is 4.96. The summed E-state index contributed by atoms with van der Waals surface area (Å²) in [7, 11) is 0. The number of hydrogen-bond acceptors (Lipinski definition) is 5. The van der Waals surface area contributed by atoms with E-state index in [2.05, 4.69) is 13.2 Å². The van der Waals surface area contributed by atoms with Crippen LogP contribution < -0.4 is 4.90 Å². The summed E-state index contributed by atoms with van der Waals surface area (Å²) in [5.41, 5.74) is -1.87. The number of amides is 3. The molecule has 3 fully saturated rings. The van der Waals surface area contributed by atoms with Gasteiger partial charge in [-0.3, -0.25) is 14.4 Å². The van der Waals surface area contributed by atoms with Crippen LogP contribution in [0.2, 0.25) is 0 Å². The van der Waals surface area contributed by atoms with Crippen molar-refractivity contribution in [1.82, 2.24) is 9.80 Å². The number of likely N-dealkylation sites (tertiary alicyclic amines) is 1. The van der Waals surface area contributed by atoms with Gasteiger partial charge in [0, 0.05) is 24.3 Å². The third kappa shape index (κ3) is 4.83. The lowest BCUT2D eigenvalue weighted by Gasteiger charge is -2.44. The minimum absolute atomic E-state index is 0.120. The lowest BCUT2D eigenvalue weighted by Crippen LogP contribution is -2.62. The topological polar surface area (TPSA) is 90.4 Å². The van der Waals surface area contributed by atoms with Crippen LogP contribution in [0.3, 0.4) is 0 Å². The Bertz CT molecular complexity index is 1180. The average Bonchev–Trinajstić information content (AvgIpc) is 3.53. The largest absolute Gasteiger partial charge is 0.394 e. The van der Waals surface area contributed by atoms with Gasteiger partial charge in [0.15, 0.2) is 0 Å². The zero-order valence-corrected chi connectivity index (χ0v) is 25.5. The van der Waals surface area contributed by atoms with Crippen molar-refractivity contribution < 1.29 is 24.2 Å². The number of aliphatic hydroxyl groups is 1. The standard InChI is InChI=1S/C33H47N3O5/c1-9-19-34(23-15-13-12-14-16-23)28(38)25-26-29(39)36(24(21-37)22(4)5)27(30(40)35(20-10-2)31(6,7)8)33(26)18-17-32(25,11-3)41-33/h9-10,12-16,22,24-27,37H,1-2,11,17-21H2,3-8H3/t24-,25+,26-,27?,32-,33?/m0/s1. The molecule has 1 N–H and O–H groups in total. The maximum Gasteiger partial charge on any atom is 0.249 e. The molecule has 3 aliphatic rings. The first-order valence-electron chi connectivity index (χ1n) is 14.9. The molecule has 3 amide bonds. The van der Waals surface area contributed by atoms with Crippen molar-refractivity contribution in [3.63, 3.8) is 0 Å². The van der Waals surface area contributed by atoms with Gasteiger partial charge in [-0.2, -0.15) is 0 Å². The highest BCUT2D eigenvalue weighted by Gasteiger charge is 2.79. The van der Waals surface area contributed by atoms with Crippen LogP contribution in [0.5, 0.6) is 0 Å². The van der Waals surface area contributed by atoms with Gasteiger partial charge in [-0.05, 0) is 58.1 Å². The van der Waals surface area contributed by atoms with Gasteiger partial charge in [-0.25, -0.2) is 0 Å². The van der Waals surface area contributed by atoms with E-state index in [4.69, 9.17) is 4.74 Å². The second-order valence-electron chi connectivity index (χ2n) is 13.1. The lowest BCUT2D eigenvalue weighted by molar-refractivity contribution is -0.159. The minimum atomic E-state index is -1.17. The highest BCUT2D eigenvalue weighted by molar-refractivity contribution is 6.03. The van der Waals surface area contributed by atoms with Crippen molar-refractivity contribution in [1.29, 1.82) is 0 Å². The molecule has 3 aliphatic heterocycles. The summed E-state index contributed by atoms with van der Waals surface area (Å²) in [5.74, 6) is -2.46. The number of nitrogens with zero attached hydrogens (tertiary/aromatic N) is 3. The molecular weight excluding hydrogens is 518 g/mol. The van der Waals surface area contributed by atoms with Gasteiger partial charge in [-0.1, -0.05) is 51.1 Å². The fourth-order valence-electron chi connectivity index (χ4n) is 7.49. The molecule has 1 aromatic carbocycles. The molecule has 2 bridgehead atoms. The van der Waals surface area contributed by atoms with Crippen molar-refractivity contribution in [2.45, 2.75) is 89.6 Å². The molecule has 8 heteroatoms. The van der Waals surface area contributed by atoms with E-state index in [1.807, 2.05) is 71.9 Å². The third-order valence-electron chi connectivity index (χ3n) is 9.47. The summed E-state index contributed by atoms with van der Waals surface area (Å²) < 4.78 is 6.98. The molecule has 0 aromatic heterocycles. The van der Waals surface area contributed by atoms with Crippen LogP contribution >= 0.6 is 0 Å². The number of aliphatic hydroxyl groups excluding tert-OH is 1. The monoisotopic (exact) mass is 565 g/mol. The van der Waals surface area contributed by atoms with Gasteiger partial charge in [0.1, 0.15) is 11.6 Å². The SMILES string of the molecule is C=CCN(C(=O)[C@H]1[C@H]2C(=O)N([C@@H](CO)C(C)C)C(C(=O)N(CC=C)C(C)(C)C)C23CC[C@]1(CC)O3)c1ccccc1. The van der Waals surface area contributed by atoms with E-state index in [0.717, 1.165) is 5.69 Å². The number of hydrogen-bond donors (Lipinski definition) is 1. The Morgan fingerprint density at radius 2 is 1.76 bits per heavy atom. The molecule has 4 rings (SSSR count). The Morgan fingerprint density at radius 1 is 1.12 bits per heavy atom. The number of ether oxygens (including phenoxy) is 1. The molecule has 0 saturated carbocycles. The Kier molecular flexibility index (Phi) is 8.59. The number of para-hydroxylation sites is 1. The average molecular weight is 566 g/mol. The molecular formula is C33H47N3O5. The van der Waals surface area contributed by atoms with Crippen LogP contribution in [0.25, 0.3) is 0 Å². The second-order valence-corrected chi connectivity index (χ2v) is 13.1. The first-order valence-corrected chi connectivity index (χ1v) is 14.9. The third-order valence-corrected chi connectivity index (χ3v) is 9.47. The van der Waals surface area contributed by atoms with E-state index in [1.165, 1.54) is 0 Å². The van der Waals surface area contributed by atoms with Crippen molar-refractivity contribution in [2.75, 3.05) is 24.6 Å². The highest BCUT2D eigenvalue weighted by Crippen LogP contribution is 2.65. The van der Waals surface area contributed by atoms with Crippen molar-refractivity contribution in [2.24, 2.45) is 17.8 Å². The number of carbonyl (C=O) groups is 3. The number of anilines is 1. The Balaban J connectivity index is 1.90. The van der Waals surface area contributed by atoms with Gasteiger partial charge >= 0.3 is 0 Å². The van der Waals surface area contributed by atoms with E-state index in [9.17, 15) is 19.5 Å². The van der Waals surface area contributed by atoms with E-state index in [-0.39, 0.29) is 36.8 Å². The number of benzene rings is 1. The Labute approximate surface area is 245 Å². The predicted octanol–water partition coefficient (Wildman–Crippen LogP) is 4.19. The molecule has 3 heterocycles. The molecule has 3 saturated heterocycles. The van der Waals surface area contributed by atoms with Gasteiger partial charge in [-0.15, -0.1) is 13.2 Å². The molecule has 41 heavy (non-hydrogen) atoms. The smallest absolute Gasteiger partial charge is 0.249 e. The fraction of sp³-hybridized carbons (Fsp3) is 0.606. The van der Waals surface area contributed by atoms with E-state index in [1.54, 1.807) is 26.9 Å². The summed E-state index contributed by atoms with van der Waals surface area (Å²) in [4.78, 5) is 48.9. The van der Waals surface area contributed by atoms with Crippen LogP contribution in [0, 0.1) is 17.8 Å². The van der Waals surface area contributed by atoms with E-state index >= 15 is 0 Å². The number of rotatable bonds is 11. The molecule has 8 nitrogen and oxygen atoms in total. The molecule has 2 unspecified atom stereocenters. The number of fused-ring (bicyclic) bond motifs is 1. The van der Waals surface area contributed by atoms with Crippen LogP contribution in [0.1, 0.15) is 60.8 Å². The van der Waals surface area contributed by atoms with Crippen molar-refractivity contribution in [3.8, 4) is 0 Å². The summed E-state index contributed by atoms with van der Waals surface area (Å²) >= 11 is 0. The van der Waals surface area contributed by atoms with Crippen LogP contribution in [-0.2, 0) is 19.1 Å². The molecule has 1 aromatic rings. The first kappa shape index (κ1) is 31.0. The molecule has 1 spiro atoms. The summed E-state index contributed by atoms with van der Waals surface area (Å²) in [6.45, 7) is 19.8. The predicted molar refractivity (Wildman–Crippen MR) is 160 cm³/mol. The normalized spacial score (nSPS) is 29.4. The van der Waals surface area contributed by atoms with Gasteiger partial charge in [0.2, 0.25) is 17.7 Å². The van der Waals surface area contributed by atoms with Crippen LogP contribution in [0.15, 0.2) is 55.6 Å². The van der Waals surface area contributed by atoms with Gasteiger partial charge in [0.05, 0.1) is 30.1 Å². The van der Waals surface area contributed by atoms with Crippen molar-refractivity contribution in [3.05, 3.63) is 55.6 Å². The zero-order chi connectivity index (χ0) is 30.3. The van der Waals surface area contributed by atoms with E-state index in [0.29, 0.717) is 25.8 Å². The minimum Gasteiger partial charge on any atom is -0.394 e. The molecule has 0 radical (unpaired) electrons. The van der Waals surface area contributed by atoms with Crippen LogP contribution in [-0.4, -0.2) is 81.1 Å². The van der Waals surface area contributed by atoms with E-state index < -0.39 is 40.7 Å². The first-order chi connectivity index (χ1) is 19.3. The maximum absolute atomic E-state index is 14.7. The summed E-state index contributed by atoms with van der Waals surface area (Å²) in [6, 6.07) is 7.82. The van der Waals surface area contributed by atoms with Gasteiger partial charge < -0.3 is 24.5 Å². The lowest BCUT2D eigenvalue weighted by atomic mass is 9.64. The quantitative estimate of drug-likeness (QED) is 0.407. The Morgan fingerprint density at radius 3 is 2.27 bits per heavy atom. The molecule has 6 atom stereocenters. The van der Waals surface area contributed by atoms with Gasteiger partial charge in [0.25, 0.3) is 0 Å². The summed E-state index contributed by atoms with van der Waals surface area (Å²) in [5, 5.41) is 10.5. The number of carbonyl (C=O) groups excluding carboxylic acids is 3. The Hall–Kier alpha value is -2.97. The van der Waals surface area contributed by atoms with Crippen LogP contribution in [0.4, 0.5) is 5.69 Å². The van der Waals surface area contributed by atoms with Crippen molar-refractivity contribution >= 4 is 23.4 Å². The molecule has 0 aliphatic carbocycles.